The largest absolute Gasteiger partial charge is 0.462 e. The molecule has 2 nitrogen and oxygen atoms in total. The summed E-state index contributed by atoms with van der Waals surface area (Å²) in [5.74, 6) is -0.261. The number of aryl methyl sites for hydroxylation is 1. The second-order valence-corrected chi connectivity index (χ2v) is 3.49. The van der Waals surface area contributed by atoms with Crippen molar-refractivity contribution in [3.05, 3.63) is 33.8 Å². The van der Waals surface area contributed by atoms with Crippen LogP contribution in [0.15, 0.2) is 12.1 Å². The van der Waals surface area contributed by atoms with E-state index in [0.717, 1.165) is 17.5 Å². The molecule has 1 heterocycles. The van der Waals surface area contributed by atoms with E-state index in [1.807, 2.05) is 13.0 Å². The minimum atomic E-state index is -0.261. The van der Waals surface area contributed by atoms with Crippen molar-refractivity contribution >= 4 is 17.6 Å². The van der Waals surface area contributed by atoms with Crippen LogP contribution >= 0.6 is 11.6 Å². The quantitative estimate of drug-likeness (QED) is 0.596. The lowest BCUT2D eigenvalue weighted by atomic mass is 10.0. The highest BCUT2D eigenvalue weighted by atomic mass is 35.5. The van der Waals surface area contributed by atoms with Gasteiger partial charge in [-0.3, -0.25) is 0 Å². The van der Waals surface area contributed by atoms with Crippen LogP contribution < -0.4 is 0 Å². The van der Waals surface area contributed by atoms with Gasteiger partial charge in [-0.05, 0) is 24.1 Å². The van der Waals surface area contributed by atoms with Crippen LogP contribution in [-0.4, -0.2) is 12.6 Å². The molecule has 1 aliphatic heterocycles. The minimum Gasteiger partial charge on any atom is -0.462 e. The third kappa shape index (κ3) is 1.31. The van der Waals surface area contributed by atoms with Gasteiger partial charge in [0.15, 0.2) is 0 Å². The Bertz CT molecular complexity index is 371. The first kappa shape index (κ1) is 8.57. The highest BCUT2D eigenvalue weighted by molar-refractivity contribution is 6.32. The molecule has 1 aromatic carbocycles. The van der Waals surface area contributed by atoms with E-state index < -0.39 is 0 Å². The predicted octanol–water partition coefficient (Wildman–Crippen LogP) is 2.36. The van der Waals surface area contributed by atoms with Crippen LogP contribution in [0.5, 0.6) is 0 Å². The van der Waals surface area contributed by atoms with Crippen molar-refractivity contribution in [3.8, 4) is 0 Å². The average Bonchev–Trinajstić information content (AvgIpc) is 2.12. The molecule has 0 aromatic heterocycles. The fourth-order valence-electron chi connectivity index (χ4n) is 1.50. The first-order chi connectivity index (χ1) is 6.20. The van der Waals surface area contributed by atoms with Crippen LogP contribution in [0.25, 0.3) is 0 Å². The maximum absolute atomic E-state index is 11.3. The molecule has 0 radical (unpaired) electrons. The van der Waals surface area contributed by atoms with Crippen LogP contribution in [0.1, 0.15) is 21.5 Å². The number of fused-ring (bicyclic) bond motifs is 1. The van der Waals surface area contributed by atoms with Gasteiger partial charge in [-0.2, -0.15) is 0 Å². The zero-order valence-corrected chi connectivity index (χ0v) is 8.02. The fourth-order valence-corrected chi connectivity index (χ4v) is 1.76. The Morgan fingerprint density at radius 1 is 1.46 bits per heavy atom. The number of esters is 1. The van der Waals surface area contributed by atoms with Crippen LogP contribution in [-0.2, 0) is 11.2 Å². The molecule has 0 spiro atoms. The SMILES string of the molecule is Cc1ccc2c(c1Cl)CCOC2=O. The Morgan fingerprint density at radius 2 is 2.23 bits per heavy atom. The molecule has 0 aliphatic carbocycles. The summed E-state index contributed by atoms with van der Waals surface area (Å²) >= 11 is 6.07. The molecular weight excluding hydrogens is 188 g/mol. The molecule has 0 fully saturated rings. The number of carbonyl (C=O) groups excluding carboxylic acids is 1. The average molecular weight is 197 g/mol. The second kappa shape index (κ2) is 3.04. The van der Waals surface area contributed by atoms with Gasteiger partial charge in [0.1, 0.15) is 0 Å². The molecule has 0 amide bonds. The summed E-state index contributed by atoms with van der Waals surface area (Å²) in [5.41, 5.74) is 2.55. The van der Waals surface area contributed by atoms with Gasteiger partial charge in [-0.1, -0.05) is 17.7 Å². The lowest BCUT2D eigenvalue weighted by Gasteiger charge is -2.17. The van der Waals surface area contributed by atoms with E-state index in [1.165, 1.54) is 0 Å². The maximum Gasteiger partial charge on any atom is 0.338 e. The molecule has 2 rings (SSSR count). The molecule has 0 saturated heterocycles. The zero-order valence-electron chi connectivity index (χ0n) is 7.26. The number of hydrogen-bond acceptors (Lipinski definition) is 2. The number of ether oxygens (including phenoxy) is 1. The minimum absolute atomic E-state index is 0.261. The van der Waals surface area contributed by atoms with Crippen LogP contribution in [0, 0.1) is 6.92 Å². The van der Waals surface area contributed by atoms with Gasteiger partial charge in [0.2, 0.25) is 0 Å². The molecule has 68 valence electrons. The standard InChI is InChI=1S/C10H9ClO2/c1-6-2-3-8-7(9(6)11)4-5-13-10(8)12/h2-3H,4-5H2,1H3. The zero-order chi connectivity index (χ0) is 9.42. The van der Waals surface area contributed by atoms with Crippen molar-refractivity contribution < 1.29 is 9.53 Å². The summed E-state index contributed by atoms with van der Waals surface area (Å²) in [7, 11) is 0. The summed E-state index contributed by atoms with van der Waals surface area (Å²) in [5, 5.41) is 0.703. The van der Waals surface area contributed by atoms with Gasteiger partial charge >= 0.3 is 5.97 Å². The molecule has 0 atom stereocenters. The molecule has 1 aliphatic rings. The van der Waals surface area contributed by atoms with Gasteiger partial charge < -0.3 is 4.74 Å². The van der Waals surface area contributed by atoms with Crippen LogP contribution in [0.2, 0.25) is 5.02 Å². The van der Waals surface area contributed by atoms with Gasteiger partial charge in [0, 0.05) is 11.4 Å². The van der Waals surface area contributed by atoms with Crippen LogP contribution in [0.3, 0.4) is 0 Å². The van der Waals surface area contributed by atoms with E-state index in [1.54, 1.807) is 6.07 Å². The van der Waals surface area contributed by atoms with E-state index in [4.69, 9.17) is 16.3 Å². The number of halogens is 1. The van der Waals surface area contributed by atoms with Gasteiger partial charge in [-0.25, -0.2) is 4.79 Å². The summed E-state index contributed by atoms with van der Waals surface area (Å²) < 4.78 is 4.90. The number of cyclic esters (lactones) is 1. The molecule has 0 saturated carbocycles. The van der Waals surface area contributed by atoms with E-state index in [0.29, 0.717) is 17.2 Å². The normalized spacial score (nSPS) is 15.1. The van der Waals surface area contributed by atoms with E-state index in [9.17, 15) is 4.79 Å². The lowest BCUT2D eigenvalue weighted by Crippen LogP contribution is -2.18. The number of rotatable bonds is 0. The highest BCUT2D eigenvalue weighted by Gasteiger charge is 2.21. The number of carbonyl (C=O) groups is 1. The second-order valence-electron chi connectivity index (χ2n) is 3.11. The van der Waals surface area contributed by atoms with Gasteiger partial charge in [-0.15, -0.1) is 0 Å². The molecule has 3 heteroatoms. The Labute approximate surface area is 81.5 Å². The summed E-state index contributed by atoms with van der Waals surface area (Å²) in [6.45, 7) is 2.37. The monoisotopic (exact) mass is 196 g/mol. The number of hydrogen-bond donors (Lipinski definition) is 0. The van der Waals surface area contributed by atoms with E-state index in [-0.39, 0.29) is 5.97 Å². The first-order valence-electron chi connectivity index (χ1n) is 4.15. The van der Waals surface area contributed by atoms with E-state index in [2.05, 4.69) is 0 Å². The summed E-state index contributed by atoms with van der Waals surface area (Å²) in [4.78, 5) is 11.3. The van der Waals surface area contributed by atoms with Crippen molar-refractivity contribution in [1.29, 1.82) is 0 Å². The third-order valence-electron chi connectivity index (χ3n) is 2.24. The Morgan fingerprint density at radius 3 is 3.00 bits per heavy atom. The molecule has 13 heavy (non-hydrogen) atoms. The molecule has 1 aromatic rings. The first-order valence-corrected chi connectivity index (χ1v) is 4.53. The van der Waals surface area contributed by atoms with Crippen molar-refractivity contribution in [2.75, 3.05) is 6.61 Å². The molecule has 0 unspecified atom stereocenters. The Kier molecular flexibility index (Phi) is 2.00. The van der Waals surface area contributed by atoms with E-state index >= 15 is 0 Å². The third-order valence-corrected chi connectivity index (χ3v) is 2.77. The smallest absolute Gasteiger partial charge is 0.338 e. The molecule has 0 bridgehead atoms. The van der Waals surface area contributed by atoms with Crippen molar-refractivity contribution in [2.45, 2.75) is 13.3 Å². The Balaban J connectivity index is 2.63. The van der Waals surface area contributed by atoms with Crippen molar-refractivity contribution in [1.82, 2.24) is 0 Å². The predicted molar refractivity (Wildman–Crippen MR) is 50.2 cm³/mol. The maximum atomic E-state index is 11.3. The van der Waals surface area contributed by atoms with Crippen molar-refractivity contribution in [3.63, 3.8) is 0 Å². The fraction of sp³-hybridized carbons (Fsp3) is 0.300. The van der Waals surface area contributed by atoms with Gasteiger partial charge in [0.25, 0.3) is 0 Å². The van der Waals surface area contributed by atoms with Crippen molar-refractivity contribution in [2.24, 2.45) is 0 Å². The molecular formula is C10H9ClO2. The lowest BCUT2D eigenvalue weighted by molar-refractivity contribution is 0.0480. The number of benzene rings is 1. The topological polar surface area (TPSA) is 26.3 Å². The highest BCUT2D eigenvalue weighted by Crippen LogP contribution is 2.27. The summed E-state index contributed by atoms with van der Waals surface area (Å²) in [6, 6.07) is 3.62. The summed E-state index contributed by atoms with van der Waals surface area (Å²) in [6.07, 6.45) is 0.724. The Hall–Kier alpha value is -1.02. The van der Waals surface area contributed by atoms with Gasteiger partial charge in [0.05, 0.1) is 12.2 Å². The molecule has 0 N–H and O–H groups in total. The van der Waals surface area contributed by atoms with Crippen LogP contribution in [0.4, 0.5) is 0 Å².